The minimum absolute atomic E-state index is 0.0984. The van der Waals surface area contributed by atoms with Crippen molar-refractivity contribution in [2.75, 3.05) is 34.8 Å². The van der Waals surface area contributed by atoms with E-state index in [2.05, 4.69) is 15.3 Å². The van der Waals surface area contributed by atoms with E-state index >= 15 is 0 Å². The normalized spacial score (nSPS) is 16.2. The third kappa shape index (κ3) is 3.86. The number of furan rings is 1. The molecule has 0 saturated carbocycles. The van der Waals surface area contributed by atoms with Crippen LogP contribution >= 0.6 is 11.3 Å². The van der Waals surface area contributed by atoms with E-state index < -0.39 is 9.84 Å². The molecule has 0 radical (unpaired) electrons. The van der Waals surface area contributed by atoms with Crippen LogP contribution in [0.3, 0.4) is 0 Å². The van der Waals surface area contributed by atoms with E-state index in [9.17, 15) is 13.2 Å². The molecule has 1 fully saturated rings. The van der Waals surface area contributed by atoms with Crippen molar-refractivity contribution in [3.05, 3.63) is 48.5 Å². The number of nitrogens with zero attached hydrogens (tertiary/aromatic N) is 3. The van der Waals surface area contributed by atoms with Crippen molar-refractivity contribution in [3.63, 3.8) is 0 Å². The first-order chi connectivity index (χ1) is 13.0. The van der Waals surface area contributed by atoms with Gasteiger partial charge in [-0.15, -0.1) is 0 Å². The zero-order valence-electron chi connectivity index (χ0n) is 14.2. The maximum atomic E-state index is 12.4. The fourth-order valence-electron chi connectivity index (χ4n) is 2.74. The summed E-state index contributed by atoms with van der Waals surface area (Å²) in [6, 6.07) is 6.78. The molecule has 0 aromatic carbocycles. The number of rotatable bonds is 4. The number of carbonyl (C=O) groups excluding carboxylic acids is 1. The molecule has 4 heterocycles. The molecule has 0 bridgehead atoms. The van der Waals surface area contributed by atoms with E-state index in [0.717, 1.165) is 5.00 Å². The SMILES string of the molecule is O=C(Nc1nc(-c2ccco2)c(N2CCS(=O)(=O)CC2)s1)c1ccncc1. The van der Waals surface area contributed by atoms with Crippen LogP contribution in [-0.4, -0.2) is 48.9 Å². The van der Waals surface area contributed by atoms with Gasteiger partial charge in [0.05, 0.1) is 17.8 Å². The van der Waals surface area contributed by atoms with Crippen LogP contribution in [0.25, 0.3) is 11.5 Å². The highest BCUT2D eigenvalue weighted by Crippen LogP contribution is 2.39. The molecule has 0 spiro atoms. The smallest absolute Gasteiger partial charge is 0.257 e. The molecule has 27 heavy (non-hydrogen) atoms. The lowest BCUT2D eigenvalue weighted by Crippen LogP contribution is -2.40. The van der Waals surface area contributed by atoms with Gasteiger partial charge < -0.3 is 9.32 Å². The first-order valence-electron chi connectivity index (χ1n) is 8.23. The van der Waals surface area contributed by atoms with E-state index in [0.29, 0.717) is 35.2 Å². The van der Waals surface area contributed by atoms with Gasteiger partial charge >= 0.3 is 0 Å². The fourth-order valence-corrected chi connectivity index (χ4v) is 4.96. The van der Waals surface area contributed by atoms with Gasteiger partial charge in [0.1, 0.15) is 10.7 Å². The summed E-state index contributed by atoms with van der Waals surface area (Å²) in [6.45, 7) is 0.770. The van der Waals surface area contributed by atoms with Crippen molar-refractivity contribution in [1.29, 1.82) is 0 Å². The van der Waals surface area contributed by atoms with Gasteiger partial charge in [-0.2, -0.15) is 0 Å². The molecular formula is C17H16N4O4S2. The van der Waals surface area contributed by atoms with Gasteiger partial charge in [0.2, 0.25) is 0 Å². The van der Waals surface area contributed by atoms with Gasteiger partial charge in [-0.3, -0.25) is 15.1 Å². The maximum absolute atomic E-state index is 12.4. The number of sulfone groups is 1. The first-order valence-corrected chi connectivity index (χ1v) is 10.9. The lowest BCUT2D eigenvalue weighted by Gasteiger charge is -2.27. The molecule has 0 aliphatic carbocycles. The number of hydrogen-bond acceptors (Lipinski definition) is 8. The molecule has 140 valence electrons. The number of nitrogens with one attached hydrogen (secondary N) is 1. The van der Waals surface area contributed by atoms with Gasteiger partial charge in [-0.1, -0.05) is 11.3 Å². The van der Waals surface area contributed by atoms with Crippen molar-refractivity contribution >= 4 is 37.2 Å². The Morgan fingerprint density at radius 2 is 1.93 bits per heavy atom. The van der Waals surface area contributed by atoms with Crippen LogP contribution in [0.5, 0.6) is 0 Å². The minimum atomic E-state index is -3.00. The zero-order valence-corrected chi connectivity index (χ0v) is 15.8. The van der Waals surface area contributed by atoms with Crippen molar-refractivity contribution in [1.82, 2.24) is 9.97 Å². The molecule has 1 amide bonds. The van der Waals surface area contributed by atoms with Crippen LogP contribution < -0.4 is 10.2 Å². The number of pyridine rings is 1. The quantitative estimate of drug-likeness (QED) is 0.711. The number of aromatic nitrogens is 2. The molecule has 3 aromatic rings. The molecule has 1 saturated heterocycles. The van der Waals surface area contributed by atoms with E-state index in [1.807, 2.05) is 4.90 Å². The number of anilines is 2. The van der Waals surface area contributed by atoms with Crippen LogP contribution in [0.15, 0.2) is 47.3 Å². The van der Waals surface area contributed by atoms with E-state index in [1.165, 1.54) is 11.3 Å². The minimum Gasteiger partial charge on any atom is -0.463 e. The van der Waals surface area contributed by atoms with Gasteiger partial charge in [0, 0.05) is 31.0 Å². The fraction of sp³-hybridized carbons (Fsp3) is 0.235. The third-order valence-corrected chi connectivity index (χ3v) is 6.80. The molecule has 10 heteroatoms. The van der Waals surface area contributed by atoms with Crippen LogP contribution in [0.1, 0.15) is 10.4 Å². The van der Waals surface area contributed by atoms with E-state index in [-0.39, 0.29) is 17.4 Å². The molecule has 8 nitrogen and oxygen atoms in total. The van der Waals surface area contributed by atoms with Crippen LogP contribution in [0.4, 0.5) is 10.1 Å². The summed E-state index contributed by atoms with van der Waals surface area (Å²) in [5.41, 5.74) is 1.07. The summed E-state index contributed by atoms with van der Waals surface area (Å²) in [6.07, 6.45) is 4.64. The second-order valence-corrected chi connectivity index (χ2v) is 9.26. The number of amides is 1. The van der Waals surface area contributed by atoms with Crippen LogP contribution in [0.2, 0.25) is 0 Å². The molecule has 4 rings (SSSR count). The predicted molar refractivity (Wildman–Crippen MR) is 103 cm³/mol. The maximum Gasteiger partial charge on any atom is 0.257 e. The number of thiazole rings is 1. The Morgan fingerprint density at radius 1 is 1.19 bits per heavy atom. The summed E-state index contributed by atoms with van der Waals surface area (Å²) in [5.74, 6) is 0.478. The highest BCUT2D eigenvalue weighted by Gasteiger charge is 2.27. The van der Waals surface area contributed by atoms with Gasteiger partial charge in [0.25, 0.3) is 5.91 Å². The molecule has 1 N–H and O–H groups in total. The summed E-state index contributed by atoms with van der Waals surface area (Å²) >= 11 is 1.30. The Bertz CT molecular complexity index is 1030. The monoisotopic (exact) mass is 404 g/mol. The zero-order chi connectivity index (χ0) is 18.9. The number of hydrogen-bond donors (Lipinski definition) is 1. The average molecular weight is 404 g/mol. The molecular weight excluding hydrogens is 388 g/mol. The second-order valence-electron chi connectivity index (χ2n) is 5.98. The number of carbonyl (C=O) groups is 1. The van der Waals surface area contributed by atoms with Crippen molar-refractivity contribution in [2.24, 2.45) is 0 Å². The Balaban J connectivity index is 1.63. The molecule has 1 aliphatic rings. The first kappa shape index (κ1) is 17.7. The predicted octanol–water partition coefficient (Wildman–Crippen LogP) is 2.29. The summed E-state index contributed by atoms with van der Waals surface area (Å²) < 4.78 is 28.9. The summed E-state index contributed by atoms with van der Waals surface area (Å²) in [4.78, 5) is 22.8. The Labute approximate surface area is 159 Å². The third-order valence-electron chi connectivity index (χ3n) is 4.16. The lowest BCUT2D eigenvalue weighted by atomic mass is 10.2. The molecule has 0 atom stereocenters. The summed E-state index contributed by atoms with van der Waals surface area (Å²) in [7, 11) is -3.00. The summed E-state index contributed by atoms with van der Waals surface area (Å²) in [5, 5.41) is 4.00. The van der Waals surface area contributed by atoms with Gasteiger partial charge in [-0.25, -0.2) is 13.4 Å². The standard InChI is InChI=1S/C17H16N4O4S2/c22-15(12-3-5-18-6-4-12)20-17-19-14(13-2-1-9-25-13)16(26-17)21-7-10-27(23,24)11-8-21/h1-6,9H,7-8,10-11H2,(H,19,20,22). The van der Waals surface area contributed by atoms with Crippen molar-refractivity contribution < 1.29 is 17.6 Å². The Hall–Kier alpha value is -2.72. The second kappa shape index (κ2) is 7.12. The lowest BCUT2D eigenvalue weighted by molar-refractivity contribution is 0.102. The van der Waals surface area contributed by atoms with E-state index in [1.54, 1.807) is 42.9 Å². The molecule has 0 unspecified atom stereocenters. The molecule has 1 aliphatic heterocycles. The Morgan fingerprint density at radius 3 is 2.59 bits per heavy atom. The largest absolute Gasteiger partial charge is 0.463 e. The Kier molecular flexibility index (Phi) is 4.66. The molecule has 3 aromatic heterocycles. The topological polar surface area (TPSA) is 105 Å². The van der Waals surface area contributed by atoms with Crippen molar-refractivity contribution in [3.8, 4) is 11.5 Å². The average Bonchev–Trinajstić information content (AvgIpc) is 3.32. The van der Waals surface area contributed by atoms with Gasteiger partial charge in [-0.05, 0) is 24.3 Å². The van der Waals surface area contributed by atoms with Crippen LogP contribution in [0, 0.1) is 0 Å². The highest BCUT2D eigenvalue weighted by atomic mass is 32.2. The van der Waals surface area contributed by atoms with E-state index in [4.69, 9.17) is 4.42 Å². The highest BCUT2D eigenvalue weighted by molar-refractivity contribution is 7.91. The van der Waals surface area contributed by atoms with Gasteiger partial charge in [0.15, 0.2) is 20.7 Å². The van der Waals surface area contributed by atoms with Crippen LogP contribution in [-0.2, 0) is 9.84 Å². The van der Waals surface area contributed by atoms with Crippen molar-refractivity contribution in [2.45, 2.75) is 0 Å².